The molecule has 5 heteroatoms. The van der Waals surface area contributed by atoms with Crippen LogP contribution in [0.4, 0.5) is 0 Å². The van der Waals surface area contributed by atoms with Crippen molar-refractivity contribution < 1.29 is 15.3 Å². The Morgan fingerprint density at radius 1 is 1.38 bits per heavy atom. The van der Waals surface area contributed by atoms with Crippen LogP contribution in [0.1, 0.15) is 12.5 Å². The minimum absolute atomic E-state index is 0.375. The van der Waals surface area contributed by atoms with Crippen LogP contribution in [0.3, 0.4) is 0 Å². The minimum Gasteiger partial charge on any atom is -0.423 e. The van der Waals surface area contributed by atoms with Gasteiger partial charge in [-0.2, -0.15) is 0 Å². The maximum atomic E-state index is 8.86. The van der Waals surface area contributed by atoms with Gasteiger partial charge in [-0.3, -0.25) is 0 Å². The Balaban J connectivity index is 3.05. The molecule has 0 aliphatic carbocycles. The first-order chi connectivity index (χ1) is 6.15. The zero-order valence-corrected chi connectivity index (χ0v) is 7.18. The van der Waals surface area contributed by atoms with Gasteiger partial charge in [-0.05, 0) is 17.9 Å². The number of rotatable bonds is 2. The van der Waals surface area contributed by atoms with Crippen LogP contribution in [0.25, 0.3) is 0 Å². The van der Waals surface area contributed by atoms with Gasteiger partial charge in [0.15, 0.2) is 0 Å². The third kappa shape index (κ3) is 2.30. The van der Waals surface area contributed by atoms with Crippen LogP contribution < -0.4 is 5.46 Å². The van der Waals surface area contributed by atoms with Crippen molar-refractivity contribution >= 4 is 18.3 Å². The summed E-state index contributed by atoms with van der Waals surface area (Å²) in [6.07, 6.45) is 0. The topological polar surface area (TPSA) is 73.1 Å². The van der Waals surface area contributed by atoms with Crippen molar-refractivity contribution in [3.8, 4) is 0 Å². The van der Waals surface area contributed by atoms with Gasteiger partial charge in [0, 0.05) is 0 Å². The summed E-state index contributed by atoms with van der Waals surface area (Å²) in [4.78, 5) is 0. The van der Waals surface area contributed by atoms with Crippen LogP contribution >= 0.6 is 0 Å². The van der Waals surface area contributed by atoms with E-state index < -0.39 is 7.12 Å². The molecule has 0 heterocycles. The van der Waals surface area contributed by atoms with Crippen molar-refractivity contribution in [2.24, 2.45) is 5.16 Å². The van der Waals surface area contributed by atoms with E-state index in [0.717, 1.165) is 0 Å². The molecular weight excluding hydrogens is 169 g/mol. The van der Waals surface area contributed by atoms with E-state index in [1.807, 2.05) is 0 Å². The zero-order chi connectivity index (χ0) is 9.84. The smallest absolute Gasteiger partial charge is 0.423 e. The molecule has 0 spiro atoms. The fraction of sp³-hybridized carbons (Fsp3) is 0.125. The predicted molar refractivity (Wildman–Crippen MR) is 50.3 cm³/mol. The second kappa shape index (κ2) is 4.07. The Hall–Kier alpha value is -1.33. The van der Waals surface area contributed by atoms with Gasteiger partial charge in [-0.25, -0.2) is 0 Å². The number of benzene rings is 1. The molecule has 3 N–H and O–H groups in total. The molecule has 0 atom stereocenters. The quantitative estimate of drug-likeness (QED) is 0.249. The van der Waals surface area contributed by atoms with E-state index in [2.05, 4.69) is 5.16 Å². The van der Waals surface area contributed by atoms with Gasteiger partial charge in [0.2, 0.25) is 0 Å². The van der Waals surface area contributed by atoms with E-state index in [1.54, 1.807) is 31.2 Å². The highest BCUT2D eigenvalue weighted by atomic mass is 16.4. The fourth-order valence-corrected chi connectivity index (χ4v) is 0.982. The molecule has 1 aromatic carbocycles. The van der Waals surface area contributed by atoms with Crippen molar-refractivity contribution in [1.29, 1.82) is 0 Å². The third-order valence-corrected chi connectivity index (χ3v) is 1.75. The van der Waals surface area contributed by atoms with Crippen LogP contribution in [0.2, 0.25) is 0 Å². The van der Waals surface area contributed by atoms with E-state index in [-0.39, 0.29) is 0 Å². The summed E-state index contributed by atoms with van der Waals surface area (Å²) in [6, 6.07) is 6.53. The molecule has 0 fully saturated rings. The normalized spacial score (nSPS) is 11.5. The SMILES string of the molecule is C/C(=N/O)c1cccc(B(O)O)c1. The lowest BCUT2D eigenvalue weighted by atomic mass is 9.79. The summed E-state index contributed by atoms with van der Waals surface area (Å²) < 4.78 is 0. The first-order valence-electron chi connectivity index (χ1n) is 3.80. The molecular formula is C8H10BNO3. The molecule has 0 aliphatic heterocycles. The molecule has 0 unspecified atom stereocenters. The summed E-state index contributed by atoms with van der Waals surface area (Å²) >= 11 is 0. The van der Waals surface area contributed by atoms with E-state index in [9.17, 15) is 0 Å². The highest BCUT2D eigenvalue weighted by Crippen LogP contribution is 1.99. The highest BCUT2D eigenvalue weighted by molar-refractivity contribution is 6.58. The van der Waals surface area contributed by atoms with Gasteiger partial charge in [0.1, 0.15) is 0 Å². The standard InChI is InChI=1S/C8H10BNO3/c1-6(10-13)7-3-2-4-8(5-7)9(11)12/h2-5,11-13H,1H3/b10-6-. The molecule has 0 amide bonds. The monoisotopic (exact) mass is 179 g/mol. The van der Waals surface area contributed by atoms with Crippen LogP contribution in [0, 0.1) is 0 Å². The molecule has 1 aromatic rings. The molecule has 4 nitrogen and oxygen atoms in total. The molecule has 68 valence electrons. The molecule has 0 saturated heterocycles. The molecule has 0 radical (unpaired) electrons. The molecule has 0 aliphatic rings. The van der Waals surface area contributed by atoms with Crippen molar-refractivity contribution in [3.63, 3.8) is 0 Å². The average molecular weight is 179 g/mol. The maximum Gasteiger partial charge on any atom is 0.488 e. The maximum absolute atomic E-state index is 8.86. The molecule has 1 rings (SSSR count). The van der Waals surface area contributed by atoms with Crippen molar-refractivity contribution in [2.75, 3.05) is 0 Å². The number of nitrogens with zero attached hydrogens (tertiary/aromatic N) is 1. The highest BCUT2D eigenvalue weighted by Gasteiger charge is 2.11. The third-order valence-electron chi connectivity index (χ3n) is 1.75. The zero-order valence-electron chi connectivity index (χ0n) is 7.18. The Morgan fingerprint density at radius 2 is 2.08 bits per heavy atom. The number of hydrogen-bond acceptors (Lipinski definition) is 4. The Kier molecular flexibility index (Phi) is 3.05. The van der Waals surface area contributed by atoms with E-state index in [0.29, 0.717) is 16.7 Å². The first-order valence-corrected chi connectivity index (χ1v) is 3.80. The van der Waals surface area contributed by atoms with Crippen molar-refractivity contribution in [2.45, 2.75) is 6.92 Å². The van der Waals surface area contributed by atoms with Crippen LogP contribution in [-0.4, -0.2) is 28.1 Å². The second-order valence-corrected chi connectivity index (χ2v) is 2.68. The van der Waals surface area contributed by atoms with E-state index in [1.165, 1.54) is 0 Å². The molecule has 13 heavy (non-hydrogen) atoms. The molecule has 0 aromatic heterocycles. The lowest BCUT2D eigenvalue weighted by Gasteiger charge is -2.02. The molecule has 0 saturated carbocycles. The van der Waals surface area contributed by atoms with Gasteiger partial charge >= 0.3 is 7.12 Å². The fourth-order valence-electron chi connectivity index (χ4n) is 0.982. The van der Waals surface area contributed by atoms with Gasteiger partial charge in [-0.1, -0.05) is 29.4 Å². The summed E-state index contributed by atoms with van der Waals surface area (Å²) in [7, 11) is -1.49. The second-order valence-electron chi connectivity index (χ2n) is 2.68. The van der Waals surface area contributed by atoms with Crippen molar-refractivity contribution in [3.05, 3.63) is 29.8 Å². The first kappa shape index (κ1) is 9.76. The lowest BCUT2D eigenvalue weighted by Crippen LogP contribution is -2.30. The van der Waals surface area contributed by atoms with Crippen molar-refractivity contribution in [1.82, 2.24) is 0 Å². The van der Waals surface area contributed by atoms with Crippen LogP contribution in [-0.2, 0) is 0 Å². The Bertz CT molecular complexity index is 325. The van der Waals surface area contributed by atoms with Gasteiger partial charge in [0.05, 0.1) is 5.71 Å². The summed E-state index contributed by atoms with van der Waals surface area (Å²) in [5.74, 6) is 0. The lowest BCUT2D eigenvalue weighted by molar-refractivity contribution is 0.319. The number of hydrogen-bond donors (Lipinski definition) is 3. The number of oxime groups is 1. The molecule has 0 bridgehead atoms. The van der Waals surface area contributed by atoms with Gasteiger partial charge < -0.3 is 15.3 Å². The van der Waals surface area contributed by atoms with E-state index >= 15 is 0 Å². The Morgan fingerprint density at radius 3 is 2.62 bits per heavy atom. The largest absolute Gasteiger partial charge is 0.488 e. The Labute approximate surface area is 76.3 Å². The van der Waals surface area contributed by atoms with Gasteiger partial charge in [-0.15, -0.1) is 0 Å². The minimum atomic E-state index is -1.49. The summed E-state index contributed by atoms with van der Waals surface area (Å²) in [5.41, 5.74) is 1.47. The van der Waals surface area contributed by atoms with E-state index in [4.69, 9.17) is 15.3 Å². The average Bonchev–Trinajstić information content (AvgIpc) is 2.17. The summed E-state index contributed by atoms with van der Waals surface area (Å²) in [6.45, 7) is 1.63. The van der Waals surface area contributed by atoms with Crippen LogP contribution in [0.5, 0.6) is 0 Å². The van der Waals surface area contributed by atoms with Gasteiger partial charge in [0.25, 0.3) is 0 Å². The van der Waals surface area contributed by atoms with Crippen LogP contribution in [0.15, 0.2) is 29.4 Å². The summed E-state index contributed by atoms with van der Waals surface area (Å²) in [5, 5.41) is 29.2. The predicted octanol–water partition coefficient (Wildman–Crippen LogP) is -0.435.